The summed E-state index contributed by atoms with van der Waals surface area (Å²) in [5, 5.41) is 3.57. The smallest absolute Gasteiger partial charge is 0.106 e. The fraction of sp³-hybridized carbons (Fsp3) is 0.643. The molecule has 0 bridgehead atoms. The van der Waals surface area contributed by atoms with Crippen molar-refractivity contribution in [2.45, 2.75) is 58.3 Å². The van der Waals surface area contributed by atoms with Crippen molar-refractivity contribution in [1.29, 1.82) is 0 Å². The van der Waals surface area contributed by atoms with Gasteiger partial charge in [-0.05, 0) is 69.1 Å². The molecule has 2 heterocycles. The van der Waals surface area contributed by atoms with E-state index in [1.54, 1.807) is 0 Å². The topological polar surface area (TPSA) is 34.2 Å². The van der Waals surface area contributed by atoms with Crippen molar-refractivity contribution in [2.24, 2.45) is 0 Å². The summed E-state index contributed by atoms with van der Waals surface area (Å²) in [5.41, 5.74) is 1.85. The minimum absolute atomic E-state index is 0.0716. The van der Waals surface area contributed by atoms with Gasteiger partial charge in [0.1, 0.15) is 4.60 Å². The molecule has 18 heavy (non-hydrogen) atoms. The van der Waals surface area contributed by atoms with E-state index < -0.39 is 0 Å². The second-order valence-corrected chi connectivity index (χ2v) is 6.95. The zero-order valence-corrected chi connectivity index (χ0v) is 13.3. The van der Waals surface area contributed by atoms with Crippen molar-refractivity contribution in [3.05, 3.63) is 22.4 Å². The highest BCUT2D eigenvalue weighted by Crippen LogP contribution is 2.39. The van der Waals surface area contributed by atoms with Gasteiger partial charge in [0.25, 0.3) is 0 Å². The van der Waals surface area contributed by atoms with Gasteiger partial charge < -0.3 is 10.1 Å². The maximum Gasteiger partial charge on any atom is 0.106 e. The van der Waals surface area contributed by atoms with E-state index in [-0.39, 0.29) is 11.2 Å². The SMILES string of the molecule is Cc1nc(Br)ccc1NC1CC(C)(C)OC1(C)C. The number of aryl methyl sites for hydroxylation is 1. The molecule has 0 radical (unpaired) electrons. The molecule has 0 aliphatic carbocycles. The van der Waals surface area contributed by atoms with Gasteiger partial charge >= 0.3 is 0 Å². The second-order valence-electron chi connectivity index (χ2n) is 6.13. The lowest BCUT2D eigenvalue weighted by Gasteiger charge is -2.28. The predicted octanol–water partition coefficient (Wildman–Crippen LogP) is 3.91. The van der Waals surface area contributed by atoms with E-state index in [0.29, 0.717) is 6.04 Å². The van der Waals surface area contributed by atoms with Crippen LogP contribution in [0.3, 0.4) is 0 Å². The van der Waals surface area contributed by atoms with Crippen molar-refractivity contribution in [2.75, 3.05) is 5.32 Å². The van der Waals surface area contributed by atoms with Gasteiger partial charge in [0, 0.05) is 0 Å². The van der Waals surface area contributed by atoms with E-state index in [0.717, 1.165) is 22.4 Å². The minimum Gasteiger partial charge on any atom is -0.378 e. The van der Waals surface area contributed by atoms with Crippen molar-refractivity contribution in [3.63, 3.8) is 0 Å². The molecule has 0 aromatic carbocycles. The second kappa shape index (κ2) is 4.49. The van der Waals surface area contributed by atoms with Gasteiger partial charge in [-0.15, -0.1) is 0 Å². The molecule has 3 nitrogen and oxygen atoms in total. The van der Waals surface area contributed by atoms with Crippen LogP contribution in [0.1, 0.15) is 39.8 Å². The first kappa shape index (κ1) is 13.8. The van der Waals surface area contributed by atoms with Crippen molar-refractivity contribution in [3.8, 4) is 0 Å². The number of aromatic nitrogens is 1. The third kappa shape index (κ3) is 2.86. The highest BCUT2D eigenvalue weighted by Gasteiger charge is 2.45. The van der Waals surface area contributed by atoms with Crippen LogP contribution < -0.4 is 5.32 Å². The monoisotopic (exact) mass is 312 g/mol. The van der Waals surface area contributed by atoms with Crippen LogP contribution >= 0.6 is 15.9 Å². The van der Waals surface area contributed by atoms with Gasteiger partial charge in [0.15, 0.2) is 0 Å². The Balaban J connectivity index is 2.19. The molecule has 2 rings (SSSR count). The molecule has 1 unspecified atom stereocenters. The number of hydrogen-bond acceptors (Lipinski definition) is 3. The zero-order valence-electron chi connectivity index (χ0n) is 11.7. The van der Waals surface area contributed by atoms with Gasteiger partial charge in [0.2, 0.25) is 0 Å². The molecule has 1 aliphatic heterocycles. The highest BCUT2D eigenvalue weighted by atomic mass is 79.9. The molecular formula is C14H21BrN2O. The first-order valence-corrected chi connectivity index (χ1v) is 7.09. The lowest BCUT2D eigenvalue weighted by molar-refractivity contribution is -0.0662. The predicted molar refractivity (Wildman–Crippen MR) is 77.9 cm³/mol. The molecule has 1 aliphatic rings. The number of nitrogens with one attached hydrogen (secondary N) is 1. The van der Waals surface area contributed by atoms with Crippen LogP contribution in [0.2, 0.25) is 0 Å². The Labute approximate surface area is 117 Å². The summed E-state index contributed by atoms with van der Waals surface area (Å²) in [6.45, 7) is 10.6. The quantitative estimate of drug-likeness (QED) is 0.841. The maximum absolute atomic E-state index is 6.09. The summed E-state index contributed by atoms with van der Waals surface area (Å²) >= 11 is 3.39. The Morgan fingerprint density at radius 2 is 2.00 bits per heavy atom. The Hall–Kier alpha value is -0.610. The molecule has 0 spiro atoms. The fourth-order valence-corrected chi connectivity index (χ4v) is 3.06. The summed E-state index contributed by atoms with van der Waals surface area (Å²) in [6.07, 6.45) is 0.996. The molecule has 4 heteroatoms. The van der Waals surface area contributed by atoms with E-state index in [1.165, 1.54) is 0 Å². The van der Waals surface area contributed by atoms with Crippen LogP contribution in [0.25, 0.3) is 0 Å². The van der Waals surface area contributed by atoms with Crippen LogP contribution in [-0.2, 0) is 4.74 Å². The third-order valence-corrected chi connectivity index (χ3v) is 3.90. The summed E-state index contributed by atoms with van der Waals surface area (Å²) in [7, 11) is 0. The first-order valence-electron chi connectivity index (χ1n) is 6.29. The van der Waals surface area contributed by atoms with E-state index in [2.05, 4.69) is 60.0 Å². The maximum atomic E-state index is 6.09. The van der Waals surface area contributed by atoms with Crippen LogP contribution in [0.15, 0.2) is 16.7 Å². The number of pyridine rings is 1. The first-order chi connectivity index (χ1) is 8.20. The van der Waals surface area contributed by atoms with E-state index in [1.807, 2.05) is 13.0 Å². The van der Waals surface area contributed by atoms with Gasteiger partial charge in [-0.1, -0.05) is 0 Å². The molecule has 0 amide bonds. The number of anilines is 1. The molecule has 1 aromatic rings. The van der Waals surface area contributed by atoms with Gasteiger partial charge in [-0.25, -0.2) is 4.98 Å². The van der Waals surface area contributed by atoms with Gasteiger partial charge in [0.05, 0.1) is 28.6 Å². The van der Waals surface area contributed by atoms with Crippen LogP contribution in [0.5, 0.6) is 0 Å². The van der Waals surface area contributed by atoms with Crippen molar-refractivity contribution >= 4 is 21.6 Å². The summed E-state index contributed by atoms with van der Waals surface area (Å²) in [6, 6.07) is 4.33. The Morgan fingerprint density at radius 3 is 2.50 bits per heavy atom. The summed E-state index contributed by atoms with van der Waals surface area (Å²) in [5.74, 6) is 0. The van der Waals surface area contributed by atoms with Gasteiger partial charge in [-0.3, -0.25) is 0 Å². The molecule has 0 saturated carbocycles. The average Bonchev–Trinajstić information content (AvgIpc) is 2.39. The fourth-order valence-electron chi connectivity index (χ4n) is 2.66. The zero-order chi connectivity index (χ0) is 13.6. The van der Waals surface area contributed by atoms with Crippen LogP contribution in [0, 0.1) is 6.92 Å². The Bertz CT molecular complexity index is 457. The van der Waals surface area contributed by atoms with Crippen LogP contribution in [-0.4, -0.2) is 22.2 Å². The molecule has 1 aromatic heterocycles. The molecular weight excluding hydrogens is 292 g/mol. The number of ether oxygens (including phenoxy) is 1. The van der Waals surface area contributed by atoms with Gasteiger partial charge in [-0.2, -0.15) is 0 Å². The Kier molecular flexibility index (Phi) is 3.45. The number of rotatable bonds is 2. The molecule has 1 N–H and O–H groups in total. The van der Waals surface area contributed by atoms with Crippen molar-refractivity contribution < 1.29 is 4.74 Å². The molecule has 100 valence electrons. The molecule has 1 saturated heterocycles. The van der Waals surface area contributed by atoms with E-state index in [9.17, 15) is 0 Å². The molecule has 1 atom stereocenters. The lowest BCUT2D eigenvalue weighted by Crippen LogP contribution is -2.38. The van der Waals surface area contributed by atoms with E-state index >= 15 is 0 Å². The average molecular weight is 313 g/mol. The standard InChI is InChI=1S/C14H21BrN2O/c1-9-10(6-7-12(15)16-9)17-11-8-13(2,3)18-14(11,4)5/h6-7,11,17H,8H2,1-5H3. The third-order valence-electron chi connectivity index (χ3n) is 3.46. The van der Waals surface area contributed by atoms with E-state index in [4.69, 9.17) is 4.74 Å². The number of nitrogens with zero attached hydrogens (tertiary/aromatic N) is 1. The van der Waals surface area contributed by atoms with Crippen molar-refractivity contribution in [1.82, 2.24) is 4.98 Å². The number of halogens is 1. The highest BCUT2D eigenvalue weighted by molar-refractivity contribution is 9.10. The summed E-state index contributed by atoms with van der Waals surface area (Å²) < 4.78 is 6.96. The molecule has 1 fully saturated rings. The normalized spacial score (nSPS) is 25.1. The van der Waals surface area contributed by atoms with Crippen LogP contribution in [0.4, 0.5) is 5.69 Å². The Morgan fingerprint density at radius 1 is 1.33 bits per heavy atom. The summed E-state index contributed by atoms with van der Waals surface area (Å²) in [4.78, 5) is 4.41. The number of hydrogen-bond donors (Lipinski definition) is 1. The lowest BCUT2D eigenvalue weighted by atomic mass is 9.94. The largest absolute Gasteiger partial charge is 0.378 e. The minimum atomic E-state index is -0.164.